The van der Waals surface area contributed by atoms with Gasteiger partial charge in [-0.3, -0.25) is 0 Å². The van der Waals surface area contributed by atoms with Crippen LogP contribution in [0.15, 0.2) is 66.7 Å². The van der Waals surface area contributed by atoms with Gasteiger partial charge in [-0.05, 0) is 24.4 Å². The van der Waals surface area contributed by atoms with Crippen molar-refractivity contribution in [1.29, 1.82) is 0 Å². The number of ether oxygens (including phenoxy) is 1. The molecule has 0 amide bonds. The highest BCUT2D eigenvalue weighted by Gasteiger charge is 2.09. The van der Waals surface area contributed by atoms with Gasteiger partial charge < -0.3 is 10.5 Å². The molecular weight excluding hydrogens is 246 g/mol. The van der Waals surface area contributed by atoms with Crippen LogP contribution in [0.2, 0.25) is 0 Å². The number of fused-ring (bicyclic) bond motifs is 1. The third kappa shape index (κ3) is 2.38. The highest BCUT2D eigenvalue weighted by atomic mass is 16.5. The second-order valence-electron chi connectivity index (χ2n) is 4.91. The summed E-state index contributed by atoms with van der Waals surface area (Å²) in [6.07, 6.45) is 0. The lowest BCUT2D eigenvalue weighted by molar-refractivity contribution is 0.477. The van der Waals surface area contributed by atoms with Gasteiger partial charge in [0.05, 0.1) is 0 Å². The molecule has 0 radical (unpaired) electrons. The van der Waals surface area contributed by atoms with Gasteiger partial charge >= 0.3 is 0 Å². The van der Waals surface area contributed by atoms with E-state index in [2.05, 4.69) is 18.2 Å². The first-order valence-electron chi connectivity index (χ1n) is 6.76. The standard InChI is InChI=1S/C18H17NO/c1-13(19)15-9-4-5-11-17(15)20-18-12-6-8-14-7-2-3-10-16(14)18/h2-13H,19H2,1H3/t13-/m1/s1. The predicted molar refractivity (Wildman–Crippen MR) is 83.1 cm³/mol. The summed E-state index contributed by atoms with van der Waals surface area (Å²) in [5, 5.41) is 2.28. The lowest BCUT2D eigenvalue weighted by Crippen LogP contribution is -2.06. The van der Waals surface area contributed by atoms with Gasteiger partial charge in [0, 0.05) is 17.0 Å². The van der Waals surface area contributed by atoms with E-state index in [1.54, 1.807) is 0 Å². The van der Waals surface area contributed by atoms with Crippen molar-refractivity contribution in [3.63, 3.8) is 0 Å². The Balaban J connectivity index is 2.06. The molecule has 1 atom stereocenters. The van der Waals surface area contributed by atoms with Crippen LogP contribution in [0.4, 0.5) is 0 Å². The fourth-order valence-corrected chi connectivity index (χ4v) is 2.35. The third-order valence-corrected chi connectivity index (χ3v) is 3.38. The molecule has 0 bridgehead atoms. The molecule has 3 aromatic carbocycles. The van der Waals surface area contributed by atoms with Crippen LogP contribution < -0.4 is 10.5 Å². The molecular formula is C18H17NO. The van der Waals surface area contributed by atoms with Crippen molar-refractivity contribution >= 4 is 10.8 Å². The quantitative estimate of drug-likeness (QED) is 0.746. The summed E-state index contributed by atoms with van der Waals surface area (Å²) in [6.45, 7) is 1.96. The van der Waals surface area contributed by atoms with Gasteiger partial charge in [-0.25, -0.2) is 0 Å². The molecule has 0 aromatic heterocycles. The fourth-order valence-electron chi connectivity index (χ4n) is 2.35. The SMILES string of the molecule is C[C@@H](N)c1ccccc1Oc1cccc2ccccc12. The summed E-state index contributed by atoms with van der Waals surface area (Å²) in [6, 6.07) is 22.1. The molecule has 3 aromatic rings. The fraction of sp³-hybridized carbons (Fsp3) is 0.111. The van der Waals surface area contributed by atoms with E-state index < -0.39 is 0 Å². The predicted octanol–water partition coefficient (Wildman–Crippen LogP) is 4.65. The molecule has 2 heteroatoms. The van der Waals surface area contributed by atoms with Gasteiger partial charge in [0.15, 0.2) is 0 Å². The molecule has 0 aliphatic heterocycles. The lowest BCUT2D eigenvalue weighted by atomic mass is 10.1. The smallest absolute Gasteiger partial charge is 0.135 e. The largest absolute Gasteiger partial charge is 0.456 e. The monoisotopic (exact) mass is 263 g/mol. The minimum Gasteiger partial charge on any atom is -0.456 e. The van der Waals surface area contributed by atoms with Crippen LogP contribution in [0.1, 0.15) is 18.5 Å². The average molecular weight is 263 g/mol. The summed E-state index contributed by atoms with van der Waals surface area (Å²) in [4.78, 5) is 0. The molecule has 2 nitrogen and oxygen atoms in total. The van der Waals surface area contributed by atoms with Gasteiger partial charge in [0.1, 0.15) is 11.5 Å². The molecule has 0 heterocycles. The van der Waals surface area contributed by atoms with Crippen molar-refractivity contribution in [3.05, 3.63) is 72.3 Å². The Labute approximate surface area is 118 Å². The summed E-state index contributed by atoms with van der Waals surface area (Å²) < 4.78 is 6.10. The Morgan fingerprint density at radius 3 is 2.30 bits per heavy atom. The van der Waals surface area contributed by atoms with Crippen LogP contribution in [0.3, 0.4) is 0 Å². The van der Waals surface area contributed by atoms with Gasteiger partial charge in [0.2, 0.25) is 0 Å². The van der Waals surface area contributed by atoms with E-state index >= 15 is 0 Å². The Bertz CT molecular complexity index is 729. The molecule has 0 aliphatic carbocycles. The molecule has 0 unspecified atom stereocenters. The Hall–Kier alpha value is -2.32. The van der Waals surface area contributed by atoms with Crippen molar-refractivity contribution < 1.29 is 4.74 Å². The zero-order chi connectivity index (χ0) is 13.9. The van der Waals surface area contributed by atoms with Crippen molar-refractivity contribution in [1.82, 2.24) is 0 Å². The normalized spacial score (nSPS) is 12.3. The van der Waals surface area contributed by atoms with Gasteiger partial charge in [-0.1, -0.05) is 54.6 Å². The van der Waals surface area contributed by atoms with Gasteiger partial charge in [-0.15, -0.1) is 0 Å². The van der Waals surface area contributed by atoms with E-state index in [0.29, 0.717) is 0 Å². The first kappa shape index (κ1) is 12.7. The van der Waals surface area contributed by atoms with Crippen LogP contribution in [-0.2, 0) is 0 Å². The van der Waals surface area contributed by atoms with E-state index in [1.165, 1.54) is 5.39 Å². The first-order chi connectivity index (χ1) is 9.75. The van der Waals surface area contributed by atoms with Crippen LogP contribution in [0, 0.1) is 0 Å². The molecule has 100 valence electrons. The van der Waals surface area contributed by atoms with Crippen molar-refractivity contribution in [2.75, 3.05) is 0 Å². The number of nitrogens with two attached hydrogens (primary N) is 1. The van der Waals surface area contributed by atoms with Crippen molar-refractivity contribution in [2.24, 2.45) is 5.73 Å². The molecule has 0 spiro atoms. The van der Waals surface area contributed by atoms with Crippen molar-refractivity contribution in [2.45, 2.75) is 13.0 Å². The second kappa shape index (κ2) is 5.35. The molecule has 20 heavy (non-hydrogen) atoms. The Morgan fingerprint density at radius 2 is 1.45 bits per heavy atom. The summed E-state index contributed by atoms with van der Waals surface area (Å²) in [7, 11) is 0. The van der Waals surface area contributed by atoms with Gasteiger partial charge in [0.25, 0.3) is 0 Å². The molecule has 0 aliphatic rings. The molecule has 2 N–H and O–H groups in total. The van der Waals surface area contributed by atoms with E-state index in [-0.39, 0.29) is 6.04 Å². The van der Waals surface area contributed by atoms with Crippen LogP contribution >= 0.6 is 0 Å². The first-order valence-corrected chi connectivity index (χ1v) is 6.76. The highest BCUT2D eigenvalue weighted by Crippen LogP contribution is 2.33. The topological polar surface area (TPSA) is 35.2 Å². The molecule has 0 saturated heterocycles. The third-order valence-electron chi connectivity index (χ3n) is 3.38. The van der Waals surface area contributed by atoms with Crippen LogP contribution in [0.25, 0.3) is 10.8 Å². The van der Waals surface area contributed by atoms with Crippen LogP contribution in [0.5, 0.6) is 11.5 Å². The summed E-state index contributed by atoms with van der Waals surface area (Å²) in [5.41, 5.74) is 7.02. The number of para-hydroxylation sites is 1. The highest BCUT2D eigenvalue weighted by molar-refractivity contribution is 5.88. The van der Waals surface area contributed by atoms with E-state index in [0.717, 1.165) is 22.4 Å². The average Bonchev–Trinajstić information content (AvgIpc) is 2.48. The van der Waals surface area contributed by atoms with E-state index in [1.807, 2.05) is 55.5 Å². The zero-order valence-corrected chi connectivity index (χ0v) is 11.4. The number of hydrogen-bond donors (Lipinski definition) is 1. The maximum absolute atomic E-state index is 6.10. The number of rotatable bonds is 3. The van der Waals surface area contributed by atoms with Crippen molar-refractivity contribution in [3.8, 4) is 11.5 Å². The zero-order valence-electron chi connectivity index (χ0n) is 11.4. The maximum Gasteiger partial charge on any atom is 0.135 e. The molecule has 0 saturated carbocycles. The number of hydrogen-bond acceptors (Lipinski definition) is 2. The number of benzene rings is 3. The Morgan fingerprint density at radius 1 is 0.800 bits per heavy atom. The van der Waals surface area contributed by atoms with E-state index in [9.17, 15) is 0 Å². The van der Waals surface area contributed by atoms with Crippen LogP contribution in [-0.4, -0.2) is 0 Å². The summed E-state index contributed by atoms with van der Waals surface area (Å²) >= 11 is 0. The molecule has 3 rings (SSSR count). The lowest BCUT2D eigenvalue weighted by Gasteiger charge is -2.14. The second-order valence-corrected chi connectivity index (χ2v) is 4.91. The van der Waals surface area contributed by atoms with E-state index in [4.69, 9.17) is 10.5 Å². The maximum atomic E-state index is 6.10. The minimum atomic E-state index is -0.0545. The van der Waals surface area contributed by atoms with Gasteiger partial charge in [-0.2, -0.15) is 0 Å². The minimum absolute atomic E-state index is 0.0545. The molecule has 0 fully saturated rings. The Kier molecular flexibility index (Phi) is 3.40. The summed E-state index contributed by atoms with van der Waals surface area (Å²) in [5.74, 6) is 1.68.